The highest BCUT2D eigenvalue weighted by Gasteiger charge is 2.22. The largest absolute Gasteiger partial charge is 0.379 e. The molecule has 1 aliphatic rings. The van der Waals surface area contributed by atoms with Crippen molar-refractivity contribution >= 4 is 15.8 Å². The highest BCUT2D eigenvalue weighted by Crippen LogP contribution is 2.22. The van der Waals surface area contributed by atoms with E-state index in [-0.39, 0.29) is 24.2 Å². The van der Waals surface area contributed by atoms with E-state index in [1.54, 1.807) is 12.1 Å². The fourth-order valence-corrected chi connectivity index (χ4v) is 3.50. The Kier molecular flexibility index (Phi) is 10.5. The number of sulfone groups is 1. The maximum Gasteiger partial charge on any atom is 0.191 e. The first-order chi connectivity index (χ1) is 14.4. The summed E-state index contributed by atoms with van der Waals surface area (Å²) < 4.78 is 46.4. The third-order valence-electron chi connectivity index (χ3n) is 4.65. The lowest BCUT2D eigenvalue weighted by Gasteiger charge is -2.34. The molecule has 2 rings (SSSR count). The van der Waals surface area contributed by atoms with Gasteiger partial charge in [-0.15, -0.1) is 0 Å². The van der Waals surface area contributed by atoms with Crippen molar-refractivity contribution in [2.45, 2.75) is 13.0 Å². The molecule has 0 aliphatic carbocycles. The molecule has 1 heterocycles. The number of aliphatic imine (C=N–C) groups is 1. The van der Waals surface area contributed by atoms with Gasteiger partial charge in [-0.3, -0.25) is 9.89 Å². The number of rotatable bonds is 11. The minimum Gasteiger partial charge on any atom is -0.379 e. The van der Waals surface area contributed by atoms with E-state index in [4.69, 9.17) is 14.5 Å². The van der Waals surface area contributed by atoms with E-state index in [0.29, 0.717) is 45.4 Å². The van der Waals surface area contributed by atoms with Crippen LogP contribution in [0.4, 0.5) is 4.39 Å². The summed E-state index contributed by atoms with van der Waals surface area (Å²) in [6.45, 7) is 7.21. The molecule has 1 aliphatic heterocycles. The van der Waals surface area contributed by atoms with Gasteiger partial charge in [-0.2, -0.15) is 0 Å². The standard InChI is InChI=1S/C20H33FN4O4S/c1-3-22-20(23-8-11-28-14-15-30(2,26)27)24-16-19(25-9-12-29-13-10-25)17-4-6-18(21)7-5-17/h4-7,19H,3,8-16H2,1-2H3,(H2,22,23,24). The zero-order chi connectivity index (χ0) is 21.8. The van der Waals surface area contributed by atoms with Crippen LogP contribution in [0.1, 0.15) is 18.5 Å². The summed E-state index contributed by atoms with van der Waals surface area (Å²) in [4.78, 5) is 7.02. The molecule has 0 aromatic heterocycles. The maximum absolute atomic E-state index is 13.4. The first-order valence-corrected chi connectivity index (χ1v) is 12.3. The molecular weight excluding hydrogens is 411 g/mol. The molecule has 170 valence electrons. The molecule has 30 heavy (non-hydrogen) atoms. The van der Waals surface area contributed by atoms with E-state index in [0.717, 1.165) is 18.7 Å². The summed E-state index contributed by atoms with van der Waals surface area (Å²) in [5.74, 6) is 0.415. The number of hydrogen-bond donors (Lipinski definition) is 2. The van der Waals surface area contributed by atoms with Crippen LogP contribution >= 0.6 is 0 Å². The molecule has 8 nitrogen and oxygen atoms in total. The number of benzene rings is 1. The molecule has 1 aromatic carbocycles. The third kappa shape index (κ3) is 9.38. The number of halogens is 1. The fourth-order valence-electron chi connectivity index (χ4n) is 3.08. The van der Waals surface area contributed by atoms with Crippen molar-refractivity contribution in [3.8, 4) is 0 Å². The van der Waals surface area contributed by atoms with Crippen LogP contribution in [0.15, 0.2) is 29.3 Å². The van der Waals surface area contributed by atoms with Crippen molar-refractivity contribution in [1.82, 2.24) is 15.5 Å². The number of morpholine rings is 1. The topological polar surface area (TPSA) is 92.3 Å². The van der Waals surface area contributed by atoms with Gasteiger partial charge in [0.05, 0.1) is 44.8 Å². The van der Waals surface area contributed by atoms with Crippen LogP contribution < -0.4 is 10.6 Å². The average Bonchev–Trinajstić information content (AvgIpc) is 2.72. The van der Waals surface area contributed by atoms with Gasteiger partial charge in [0.15, 0.2) is 5.96 Å². The zero-order valence-electron chi connectivity index (χ0n) is 17.8. The Bertz CT molecular complexity index is 753. The number of nitrogens with zero attached hydrogens (tertiary/aromatic N) is 2. The quantitative estimate of drug-likeness (QED) is 0.297. The van der Waals surface area contributed by atoms with E-state index >= 15 is 0 Å². The molecule has 1 unspecified atom stereocenters. The SMILES string of the molecule is CCNC(=NCC(c1ccc(F)cc1)N1CCOCC1)NCCOCCS(C)(=O)=O. The second-order valence-corrected chi connectivity index (χ2v) is 9.36. The highest BCUT2D eigenvalue weighted by molar-refractivity contribution is 7.90. The molecule has 10 heteroatoms. The normalized spacial score (nSPS) is 17.0. The van der Waals surface area contributed by atoms with Gasteiger partial charge in [-0.25, -0.2) is 12.8 Å². The summed E-state index contributed by atoms with van der Waals surface area (Å²) in [5, 5.41) is 6.40. The summed E-state index contributed by atoms with van der Waals surface area (Å²) in [5.41, 5.74) is 1.02. The molecule has 0 radical (unpaired) electrons. The van der Waals surface area contributed by atoms with Crippen molar-refractivity contribution in [1.29, 1.82) is 0 Å². The Hall–Kier alpha value is -1.75. The maximum atomic E-state index is 13.4. The van der Waals surface area contributed by atoms with E-state index in [1.165, 1.54) is 18.4 Å². The molecular formula is C20H33FN4O4S. The van der Waals surface area contributed by atoms with Crippen molar-refractivity contribution < 1.29 is 22.3 Å². The zero-order valence-corrected chi connectivity index (χ0v) is 18.6. The Morgan fingerprint density at radius 2 is 1.93 bits per heavy atom. The second-order valence-electron chi connectivity index (χ2n) is 7.10. The highest BCUT2D eigenvalue weighted by atomic mass is 32.2. The molecule has 1 aromatic rings. The number of guanidine groups is 1. The van der Waals surface area contributed by atoms with Crippen molar-refractivity contribution in [3.05, 3.63) is 35.6 Å². The fraction of sp³-hybridized carbons (Fsp3) is 0.650. The summed E-state index contributed by atoms with van der Waals surface area (Å²) in [6.07, 6.45) is 1.19. The van der Waals surface area contributed by atoms with Gasteiger partial charge in [0.1, 0.15) is 15.7 Å². The van der Waals surface area contributed by atoms with Crippen LogP contribution in [0, 0.1) is 5.82 Å². The van der Waals surface area contributed by atoms with Crippen molar-refractivity contribution in [2.24, 2.45) is 4.99 Å². The Labute approximate surface area is 178 Å². The van der Waals surface area contributed by atoms with Crippen LogP contribution in [0.3, 0.4) is 0 Å². The van der Waals surface area contributed by atoms with E-state index in [9.17, 15) is 12.8 Å². The lowest BCUT2D eigenvalue weighted by molar-refractivity contribution is 0.0179. The monoisotopic (exact) mass is 444 g/mol. The van der Waals surface area contributed by atoms with E-state index < -0.39 is 9.84 Å². The molecule has 0 saturated carbocycles. The third-order valence-corrected chi connectivity index (χ3v) is 5.55. The molecule has 1 atom stereocenters. The van der Waals surface area contributed by atoms with E-state index in [2.05, 4.69) is 15.5 Å². The lowest BCUT2D eigenvalue weighted by Crippen LogP contribution is -2.42. The van der Waals surface area contributed by atoms with Gasteiger partial charge < -0.3 is 20.1 Å². The number of nitrogens with one attached hydrogen (secondary N) is 2. The van der Waals surface area contributed by atoms with Gasteiger partial charge in [-0.05, 0) is 24.6 Å². The molecule has 0 spiro atoms. The van der Waals surface area contributed by atoms with Gasteiger partial charge in [-0.1, -0.05) is 12.1 Å². The summed E-state index contributed by atoms with van der Waals surface area (Å²) in [7, 11) is -3.01. The number of ether oxygens (including phenoxy) is 2. The predicted molar refractivity (Wildman–Crippen MR) is 116 cm³/mol. The molecule has 0 bridgehead atoms. The van der Waals surface area contributed by atoms with Crippen LogP contribution in [-0.2, 0) is 19.3 Å². The average molecular weight is 445 g/mol. The van der Waals surface area contributed by atoms with Crippen molar-refractivity contribution in [2.75, 3.05) is 71.2 Å². The number of hydrogen-bond acceptors (Lipinski definition) is 6. The molecule has 2 N–H and O–H groups in total. The minimum absolute atomic E-state index is 0.0139. The first-order valence-electron chi connectivity index (χ1n) is 10.2. The van der Waals surface area contributed by atoms with Crippen LogP contribution in [0.5, 0.6) is 0 Å². The minimum atomic E-state index is -3.01. The van der Waals surface area contributed by atoms with Crippen LogP contribution in [0.2, 0.25) is 0 Å². The second kappa shape index (κ2) is 12.8. The molecule has 1 fully saturated rings. The first kappa shape index (κ1) is 24.5. The van der Waals surface area contributed by atoms with Crippen molar-refractivity contribution in [3.63, 3.8) is 0 Å². The van der Waals surface area contributed by atoms with Gasteiger partial charge in [0, 0.05) is 32.4 Å². The van der Waals surface area contributed by atoms with Gasteiger partial charge in [0.25, 0.3) is 0 Å². The smallest absolute Gasteiger partial charge is 0.191 e. The lowest BCUT2D eigenvalue weighted by atomic mass is 10.0. The Balaban J connectivity index is 1.94. The van der Waals surface area contributed by atoms with Crippen LogP contribution in [0.25, 0.3) is 0 Å². The Morgan fingerprint density at radius 3 is 2.57 bits per heavy atom. The predicted octanol–water partition coefficient (Wildman–Crippen LogP) is 0.815. The Morgan fingerprint density at radius 1 is 1.23 bits per heavy atom. The summed E-state index contributed by atoms with van der Waals surface area (Å²) in [6, 6.07) is 6.59. The van der Waals surface area contributed by atoms with Gasteiger partial charge in [0.2, 0.25) is 0 Å². The summed E-state index contributed by atoms with van der Waals surface area (Å²) >= 11 is 0. The van der Waals surface area contributed by atoms with Crippen LogP contribution in [-0.4, -0.2) is 90.4 Å². The van der Waals surface area contributed by atoms with Gasteiger partial charge >= 0.3 is 0 Å². The van der Waals surface area contributed by atoms with E-state index in [1.807, 2.05) is 6.92 Å². The molecule has 0 amide bonds. The molecule has 1 saturated heterocycles.